The number of likely N-dealkylation sites (tertiary alicyclic amines) is 1. The molecule has 3 aromatic rings. The first-order valence-electron chi connectivity index (χ1n) is 12.8. The highest BCUT2D eigenvalue weighted by molar-refractivity contribution is 5.89. The molecule has 7 nitrogen and oxygen atoms in total. The summed E-state index contributed by atoms with van der Waals surface area (Å²) < 4.78 is 18.7. The second kappa shape index (κ2) is 11.2. The molecule has 1 saturated heterocycles. The average molecular weight is 490 g/mol. The molecule has 0 atom stereocenters. The monoisotopic (exact) mass is 489 g/mol. The Bertz CT molecular complexity index is 1290. The molecule has 36 heavy (non-hydrogen) atoms. The SMILES string of the molecule is C/C=C/c1cc(OC)cc2c1ccc(=O)n2CCN1CCC(NCc2ccc3c(c2)OCCO3)CC1. The number of hydrogen-bond donors (Lipinski definition) is 1. The molecule has 3 heterocycles. The van der Waals surface area contributed by atoms with Crippen LogP contribution in [0.25, 0.3) is 17.0 Å². The third kappa shape index (κ3) is 5.42. The van der Waals surface area contributed by atoms with E-state index in [-0.39, 0.29) is 5.56 Å². The van der Waals surface area contributed by atoms with Crippen LogP contribution in [0.2, 0.25) is 0 Å². The molecule has 7 heteroatoms. The van der Waals surface area contributed by atoms with Crippen molar-refractivity contribution in [2.24, 2.45) is 0 Å². The largest absolute Gasteiger partial charge is 0.497 e. The highest BCUT2D eigenvalue weighted by Gasteiger charge is 2.20. The number of allylic oxidation sites excluding steroid dienone is 1. The van der Waals surface area contributed by atoms with Crippen LogP contribution in [0.5, 0.6) is 17.2 Å². The molecular formula is C29H35N3O4. The van der Waals surface area contributed by atoms with E-state index in [1.807, 2.05) is 41.8 Å². The van der Waals surface area contributed by atoms with Crippen molar-refractivity contribution >= 4 is 17.0 Å². The van der Waals surface area contributed by atoms with Gasteiger partial charge in [-0.3, -0.25) is 4.79 Å². The van der Waals surface area contributed by atoms with Gasteiger partial charge in [-0.15, -0.1) is 0 Å². The maximum absolute atomic E-state index is 12.8. The number of nitrogens with one attached hydrogen (secondary N) is 1. The van der Waals surface area contributed by atoms with Gasteiger partial charge in [0.25, 0.3) is 5.56 Å². The molecule has 1 fully saturated rings. The first-order valence-corrected chi connectivity index (χ1v) is 12.8. The molecule has 2 aliphatic heterocycles. The number of ether oxygens (including phenoxy) is 3. The summed E-state index contributed by atoms with van der Waals surface area (Å²) in [6.45, 7) is 7.59. The van der Waals surface area contributed by atoms with Crippen molar-refractivity contribution in [3.63, 3.8) is 0 Å². The van der Waals surface area contributed by atoms with Crippen LogP contribution in [-0.2, 0) is 13.1 Å². The van der Waals surface area contributed by atoms with Gasteiger partial charge < -0.3 is 29.0 Å². The number of methoxy groups -OCH3 is 1. The van der Waals surface area contributed by atoms with Gasteiger partial charge in [-0.25, -0.2) is 0 Å². The smallest absolute Gasteiger partial charge is 0.251 e. The summed E-state index contributed by atoms with van der Waals surface area (Å²) in [6, 6.07) is 14.3. The fourth-order valence-electron chi connectivity index (χ4n) is 5.13. The predicted octanol–water partition coefficient (Wildman–Crippen LogP) is 4.07. The third-order valence-electron chi connectivity index (χ3n) is 7.12. The molecule has 0 unspecified atom stereocenters. The normalized spacial score (nSPS) is 16.6. The Morgan fingerprint density at radius 3 is 2.61 bits per heavy atom. The zero-order valence-electron chi connectivity index (χ0n) is 21.2. The molecular weight excluding hydrogens is 454 g/mol. The summed E-state index contributed by atoms with van der Waals surface area (Å²) >= 11 is 0. The lowest BCUT2D eigenvalue weighted by Crippen LogP contribution is -2.43. The summed E-state index contributed by atoms with van der Waals surface area (Å²) in [5.41, 5.74) is 3.22. The number of aromatic nitrogens is 1. The van der Waals surface area contributed by atoms with E-state index in [1.165, 1.54) is 5.56 Å². The number of pyridine rings is 1. The van der Waals surface area contributed by atoms with Crippen LogP contribution in [0.3, 0.4) is 0 Å². The van der Waals surface area contributed by atoms with Gasteiger partial charge in [0.05, 0.1) is 12.6 Å². The molecule has 0 saturated carbocycles. The minimum Gasteiger partial charge on any atom is -0.497 e. The highest BCUT2D eigenvalue weighted by atomic mass is 16.6. The topological polar surface area (TPSA) is 65.0 Å². The Balaban J connectivity index is 1.18. The molecule has 0 bridgehead atoms. The second-order valence-electron chi connectivity index (χ2n) is 9.45. The zero-order chi connectivity index (χ0) is 24.9. The Labute approximate surface area is 212 Å². The summed E-state index contributed by atoms with van der Waals surface area (Å²) in [6.07, 6.45) is 6.25. The molecule has 1 aromatic heterocycles. The zero-order valence-corrected chi connectivity index (χ0v) is 21.2. The second-order valence-corrected chi connectivity index (χ2v) is 9.45. The van der Waals surface area contributed by atoms with Crippen molar-refractivity contribution in [3.05, 3.63) is 70.0 Å². The van der Waals surface area contributed by atoms with E-state index in [0.717, 1.165) is 72.7 Å². The lowest BCUT2D eigenvalue weighted by Gasteiger charge is -2.32. The molecule has 190 valence electrons. The Morgan fingerprint density at radius 1 is 1.03 bits per heavy atom. The predicted molar refractivity (Wildman–Crippen MR) is 143 cm³/mol. The van der Waals surface area contributed by atoms with Crippen molar-refractivity contribution in [2.75, 3.05) is 40.0 Å². The van der Waals surface area contributed by atoms with Crippen LogP contribution in [0.1, 0.15) is 30.9 Å². The fourth-order valence-corrected chi connectivity index (χ4v) is 5.13. The van der Waals surface area contributed by atoms with E-state index < -0.39 is 0 Å². The van der Waals surface area contributed by atoms with E-state index in [1.54, 1.807) is 13.2 Å². The van der Waals surface area contributed by atoms with Crippen molar-refractivity contribution in [1.82, 2.24) is 14.8 Å². The van der Waals surface area contributed by atoms with E-state index >= 15 is 0 Å². The summed E-state index contributed by atoms with van der Waals surface area (Å²) in [5, 5.41) is 4.77. The number of nitrogens with zero attached hydrogens (tertiary/aromatic N) is 2. The first kappa shape index (κ1) is 24.4. The van der Waals surface area contributed by atoms with E-state index in [4.69, 9.17) is 14.2 Å². The van der Waals surface area contributed by atoms with Gasteiger partial charge in [0, 0.05) is 43.2 Å². The van der Waals surface area contributed by atoms with Crippen molar-refractivity contribution < 1.29 is 14.2 Å². The van der Waals surface area contributed by atoms with E-state index in [0.29, 0.717) is 25.8 Å². The quantitative estimate of drug-likeness (QED) is 0.515. The molecule has 0 radical (unpaired) electrons. The third-order valence-corrected chi connectivity index (χ3v) is 7.12. The molecule has 2 aromatic carbocycles. The molecule has 0 amide bonds. The average Bonchev–Trinajstić information content (AvgIpc) is 2.91. The van der Waals surface area contributed by atoms with Crippen LogP contribution in [-0.4, -0.2) is 55.5 Å². The number of hydrogen-bond acceptors (Lipinski definition) is 6. The van der Waals surface area contributed by atoms with Crippen molar-refractivity contribution in [2.45, 2.75) is 38.9 Å². The maximum atomic E-state index is 12.8. The van der Waals surface area contributed by atoms with Crippen molar-refractivity contribution in [1.29, 1.82) is 0 Å². The minimum absolute atomic E-state index is 0.0261. The van der Waals surface area contributed by atoms with Gasteiger partial charge in [-0.2, -0.15) is 0 Å². The summed E-state index contributed by atoms with van der Waals surface area (Å²) in [4.78, 5) is 15.3. The van der Waals surface area contributed by atoms with Gasteiger partial charge in [-0.05, 0) is 68.2 Å². The van der Waals surface area contributed by atoms with Crippen LogP contribution in [0.4, 0.5) is 0 Å². The highest BCUT2D eigenvalue weighted by Crippen LogP contribution is 2.31. The number of fused-ring (bicyclic) bond motifs is 2. The van der Waals surface area contributed by atoms with Crippen LogP contribution < -0.4 is 25.1 Å². The van der Waals surface area contributed by atoms with Gasteiger partial charge in [0.2, 0.25) is 0 Å². The van der Waals surface area contributed by atoms with Gasteiger partial charge in [0.1, 0.15) is 19.0 Å². The van der Waals surface area contributed by atoms with E-state index in [9.17, 15) is 4.79 Å². The number of benzene rings is 2. The van der Waals surface area contributed by atoms with Crippen LogP contribution in [0, 0.1) is 0 Å². The summed E-state index contributed by atoms with van der Waals surface area (Å²) in [7, 11) is 1.66. The Kier molecular flexibility index (Phi) is 7.58. The molecule has 0 spiro atoms. The standard InChI is InChI=1S/C29H35N3O4/c1-3-4-22-18-24(34-2)19-26-25(22)6-8-29(33)32(26)14-13-31-11-9-23(10-12-31)30-20-21-5-7-27-28(17-21)36-16-15-35-27/h3-8,17-19,23,30H,9-16,20H2,1-2H3/b4-3+. The molecule has 0 aliphatic carbocycles. The lowest BCUT2D eigenvalue weighted by molar-refractivity contribution is 0.171. The first-order chi connectivity index (χ1) is 17.6. The fraction of sp³-hybridized carbons (Fsp3) is 0.414. The molecule has 5 rings (SSSR count). The van der Waals surface area contributed by atoms with Gasteiger partial charge in [0.15, 0.2) is 11.5 Å². The molecule has 1 N–H and O–H groups in total. The van der Waals surface area contributed by atoms with Gasteiger partial charge in [-0.1, -0.05) is 18.2 Å². The van der Waals surface area contributed by atoms with Crippen LogP contribution >= 0.6 is 0 Å². The van der Waals surface area contributed by atoms with Gasteiger partial charge >= 0.3 is 0 Å². The number of rotatable bonds is 8. The molecule has 2 aliphatic rings. The van der Waals surface area contributed by atoms with E-state index in [2.05, 4.69) is 28.4 Å². The maximum Gasteiger partial charge on any atom is 0.251 e. The Morgan fingerprint density at radius 2 is 1.83 bits per heavy atom. The minimum atomic E-state index is 0.0261. The van der Waals surface area contributed by atoms with Crippen LogP contribution in [0.15, 0.2) is 53.3 Å². The number of piperidine rings is 1. The summed E-state index contributed by atoms with van der Waals surface area (Å²) in [5.74, 6) is 2.44. The Hall–Kier alpha value is -3.29. The van der Waals surface area contributed by atoms with Crippen molar-refractivity contribution in [3.8, 4) is 17.2 Å². The lowest BCUT2D eigenvalue weighted by atomic mass is 10.0.